The lowest BCUT2D eigenvalue weighted by Crippen LogP contribution is -2.21. The van der Waals surface area contributed by atoms with Crippen molar-refractivity contribution < 1.29 is 27.8 Å². The van der Waals surface area contributed by atoms with Gasteiger partial charge in [-0.05, 0) is 37.7 Å². The normalized spacial score (nSPS) is 10.4. The lowest BCUT2D eigenvalue weighted by Gasteiger charge is -2.02. The van der Waals surface area contributed by atoms with Crippen LogP contribution in [-0.4, -0.2) is 38.0 Å². The van der Waals surface area contributed by atoms with E-state index in [1.54, 1.807) is 7.11 Å². The Bertz CT molecular complexity index is 377. The maximum absolute atomic E-state index is 10.6. The van der Waals surface area contributed by atoms with Gasteiger partial charge in [0.15, 0.2) is 0 Å². The van der Waals surface area contributed by atoms with Crippen LogP contribution in [0.3, 0.4) is 0 Å². The summed E-state index contributed by atoms with van der Waals surface area (Å²) in [7, 11) is 3.64. The Hall–Kier alpha value is -1.76. The van der Waals surface area contributed by atoms with Gasteiger partial charge in [-0.25, -0.2) is 4.79 Å². The standard InChI is InChI=1S/C10H15NO.C2HF3O2/c1-11-8-7-9-3-5-10(12-2)6-4-9;3-2(4,5)1(6)7/h3-6,11H,7-8H2,1-2H3;(H,6,7). The van der Waals surface area contributed by atoms with E-state index in [1.807, 2.05) is 19.2 Å². The fourth-order valence-corrected chi connectivity index (χ4v) is 1.06. The molecule has 19 heavy (non-hydrogen) atoms. The molecule has 7 heteroatoms. The summed E-state index contributed by atoms with van der Waals surface area (Å²) in [4.78, 5) is 8.90. The first kappa shape index (κ1) is 17.2. The van der Waals surface area contributed by atoms with Gasteiger partial charge in [0.1, 0.15) is 5.75 Å². The van der Waals surface area contributed by atoms with Crippen LogP contribution in [0.15, 0.2) is 24.3 Å². The Morgan fingerprint density at radius 3 is 2.11 bits per heavy atom. The number of likely N-dealkylation sites (N-methyl/N-ethyl adjacent to an activating group) is 1. The maximum Gasteiger partial charge on any atom is 0.490 e. The second-order valence-electron chi connectivity index (χ2n) is 3.50. The molecule has 0 saturated carbocycles. The zero-order valence-electron chi connectivity index (χ0n) is 10.6. The second kappa shape index (κ2) is 8.36. The van der Waals surface area contributed by atoms with Crippen LogP contribution in [0.5, 0.6) is 5.75 Å². The predicted octanol–water partition coefficient (Wildman–Crippen LogP) is 2.09. The fraction of sp³-hybridized carbons (Fsp3) is 0.417. The molecule has 0 fully saturated rings. The van der Waals surface area contributed by atoms with E-state index < -0.39 is 12.1 Å². The minimum atomic E-state index is -5.08. The van der Waals surface area contributed by atoms with Crippen LogP contribution < -0.4 is 10.1 Å². The number of carboxylic acids is 1. The van der Waals surface area contributed by atoms with Gasteiger partial charge in [0, 0.05) is 0 Å². The third-order valence-corrected chi connectivity index (χ3v) is 2.07. The molecule has 0 aliphatic carbocycles. The number of aliphatic carboxylic acids is 1. The SMILES string of the molecule is CNCCc1ccc(OC)cc1.O=C(O)C(F)(F)F. The number of carbonyl (C=O) groups is 1. The largest absolute Gasteiger partial charge is 0.497 e. The molecule has 0 spiro atoms. The zero-order chi connectivity index (χ0) is 14.9. The Balaban J connectivity index is 0.000000399. The molecule has 0 atom stereocenters. The van der Waals surface area contributed by atoms with E-state index in [-0.39, 0.29) is 0 Å². The maximum atomic E-state index is 10.6. The highest BCUT2D eigenvalue weighted by Crippen LogP contribution is 2.13. The van der Waals surface area contributed by atoms with Gasteiger partial charge >= 0.3 is 12.1 Å². The van der Waals surface area contributed by atoms with Crippen molar-refractivity contribution in [3.05, 3.63) is 29.8 Å². The van der Waals surface area contributed by atoms with Crippen LogP contribution in [0, 0.1) is 0 Å². The van der Waals surface area contributed by atoms with Crippen LogP contribution >= 0.6 is 0 Å². The summed E-state index contributed by atoms with van der Waals surface area (Å²) < 4.78 is 36.8. The third-order valence-electron chi connectivity index (χ3n) is 2.07. The predicted molar refractivity (Wildman–Crippen MR) is 64.3 cm³/mol. The number of alkyl halides is 3. The number of methoxy groups -OCH3 is 1. The monoisotopic (exact) mass is 279 g/mol. The van der Waals surface area contributed by atoms with Gasteiger partial charge in [0.25, 0.3) is 0 Å². The van der Waals surface area contributed by atoms with Gasteiger partial charge in [0.2, 0.25) is 0 Å². The molecular formula is C12H16F3NO3. The van der Waals surface area contributed by atoms with Crippen molar-refractivity contribution in [3.8, 4) is 5.75 Å². The highest BCUT2D eigenvalue weighted by atomic mass is 19.4. The summed E-state index contributed by atoms with van der Waals surface area (Å²) in [5.41, 5.74) is 1.34. The number of rotatable bonds is 4. The number of hydrogen-bond acceptors (Lipinski definition) is 3. The zero-order valence-corrected chi connectivity index (χ0v) is 10.6. The minimum absolute atomic E-state index is 0.920. The van der Waals surface area contributed by atoms with E-state index in [4.69, 9.17) is 14.6 Å². The first-order valence-corrected chi connectivity index (χ1v) is 5.39. The molecule has 1 aromatic rings. The van der Waals surface area contributed by atoms with E-state index >= 15 is 0 Å². The average Bonchev–Trinajstić information content (AvgIpc) is 2.36. The number of carboxylic acid groups (broad SMARTS) is 1. The molecule has 4 nitrogen and oxygen atoms in total. The number of benzene rings is 1. The molecular weight excluding hydrogens is 263 g/mol. The summed E-state index contributed by atoms with van der Waals surface area (Å²) >= 11 is 0. The number of ether oxygens (including phenoxy) is 1. The average molecular weight is 279 g/mol. The molecule has 0 aliphatic heterocycles. The first-order valence-electron chi connectivity index (χ1n) is 5.39. The Labute approximate surface area is 109 Å². The van der Waals surface area contributed by atoms with E-state index in [1.165, 1.54) is 5.56 Å². The third kappa shape index (κ3) is 8.04. The van der Waals surface area contributed by atoms with E-state index in [2.05, 4.69) is 17.4 Å². The topological polar surface area (TPSA) is 58.6 Å². The van der Waals surface area contributed by atoms with Crippen molar-refractivity contribution in [2.24, 2.45) is 0 Å². The molecule has 0 amide bonds. The van der Waals surface area contributed by atoms with E-state index in [0.717, 1.165) is 18.7 Å². The van der Waals surface area contributed by atoms with Crippen LogP contribution in [0.1, 0.15) is 5.56 Å². The highest BCUT2D eigenvalue weighted by molar-refractivity contribution is 5.73. The molecule has 0 aliphatic rings. The Morgan fingerprint density at radius 1 is 1.32 bits per heavy atom. The fourth-order valence-electron chi connectivity index (χ4n) is 1.06. The number of hydrogen-bond donors (Lipinski definition) is 2. The summed E-state index contributed by atoms with van der Waals surface area (Å²) in [6, 6.07) is 8.17. The molecule has 0 heterocycles. The van der Waals surface area contributed by atoms with E-state index in [9.17, 15) is 13.2 Å². The van der Waals surface area contributed by atoms with Crippen molar-refractivity contribution in [3.63, 3.8) is 0 Å². The van der Waals surface area contributed by atoms with Crippen molar-refractivity contribution in [2.75, 3.05) is 20.7 Å². The van der Waals surface area contributed by atoms with Gasteiger partial charge in [0.05, 0.1) is 7.11 Å². The van der Waals surface area contributed by atoms with Gasteiger partial charge in [-0.3, -0.25) is 0 Å². The molecule has 2 N–H and O–H groups in total. The van der Waals surface area contributed by atoms with E-state index in [0.29, 0.717) is 0 Å². The quantitative estimate of drug-likeness (QED) is 0.886. The van der Waals surface area contributed by atoms with Crippen molar-refractivity contribution in [1.82, 2.24) is 5.32 Å². The van der Waals surface area contributed by atoms with Crippen LogP contribution in [0.4, 0.5) is 13.2 Å². The highest BCUT2D eigenvalue weighted by Gasteiger charge is 2.38. The molecule has 0 bridgehead atoms. The van der Waals surface area contributed by atoms with Crippen molar-refractivity contribution in [2.45, 2.75) is 12.6 Å². The van der Waals surface area contributed by atoms with Crippen LogP contribution in [0.25, 0.3) is 0 Å². The molecule has 0 radical (unpaired) electrons. The molecule has 0 aromatic heterocycles. The summed E-state index contributed by atoms with van der Waals surface area (Å²) in [5, 5.41) is 10.2. The molecule has 0 saturated heterocycles. The van der Waals surface area contributed by atoms with Crippen LogP contribution in [0.2, 0.25) is 0 Å². The smallest absolute Gasteiger partial charge is 0.490 e. The molecule has 1 aromatic carbocycles. The Kier molecular flexibility index (Phi) is 7.59. The van der Waals surface area contributed by atoms with Crippen molar-refractivity contribution in [1.29, 1.82) is 0 Å². The van der Waals surface area contributed by atoms with Gasteiger partial charge in [-0.15, -0.1) is 0 Å². The minimum Gasteiger partial charge on any atom is -0.497 e. The lowest BCUT2D eigenvalue weighted by atomic mass is 10.1. The first-order chi connectivity index (χ1) is 8.81. The second-order valence-corrected chi connectivity index (χ2v) is 3.50. The summed E-state index contributed by atoms with van der Waals surface area (Å²) in [5.74, 6) is -1.84. The summed E-state index contributed by atoms with van der Waals surface area (Å²) in [6.07, 6.45) is -4.01. The number of halogens is 3. The number of nitrogens with one attached hydrogen (secondary N) is 1. The molecule has 1 rings (SSSR count). The molecule has 108 valence electrons. The molecule has 0 unspecified atom stereocenters. The van der Waals surface area contributed by atoms with Crippen LogP contribution in [-0.2, 0) is 11.2 Å². The van der Waals surface area contributed by atoms with Crippen molar-refractivity contribution >= 4 is 5.97 Å². The Morgan fingerprint density at radius 2 is 1.79 bits per heavy atom. The summed E-state index contributed by atoms with van der Waals surface area (Å²) in [6.45, 7) is 1.02. The van der Waals surface area contributed by atoms with Gasteiger partial charge in [-0.2, -0.15) is 13.2 Å². The van der Waals surface area contributed by atoms with Gasteiger partial charge in [-0.1, -0.05) is 12.1 Å². The van der Waals surface area contributed by atoms with Gasteiger partial charge < -0.3 is 15.2 Å². The lowest BCUT2D eigenvalue weighted by molar-refractivity contribution is -0.192.